The van der Waals surface area contributed by atoms with E-state index in [4.69, 9.17) is 5.73 Å². The van der Waals surface area contributed by atoms with Gasteiger partial charge in [-0.25, -0.2) is 0 Å². The van der Waals surface area contributed by atoms with Crippen LogP contribution in [0.15, 0.2) is 0 Å². The molecule has 0 aromatic carbocycles. The highest BCUT2D eigenvalue weighted by Crippen LogP contribution is 1.83. The van der Waals surface area contributed by atoms with E-state index >= 15 is 0 Å². The van der Waals surface area contributed by atoms with Crippen LogP contribution in [0.5, 0.6) is 0 Å². The Labute approximate surface area is 43.7 Å². The highest BCUT2D eigenvalue weighted by molar-refractivity contribution is 5.78. The van der Waals surface area contributed by atoms with Gasteiger partial charge in [0, 0.05) is 19.4 Å². The van der Waals surface area contributed by atoms with Crippen molar-refractivity contribution in [2.45, 2.75) is 19.8 Å². The normalized spacial score (nSPS) is 8.86. The molecular weight excluding hydrogens is 90.1 g/mol. The van der Waals surface area contributed by atoms with E-state index in [0.29, 0.717) is 12.8 Å². The number of Topliss-reactive ketones (excluding diaryl/α,β-unsaturated/α-hetero) is 1. The lowest BCUT2D eigenvalue weighted by Gasteiger charge is -1.86. The average Bonchev–Trinajstić information content (AvgIpc) is 1.68. The first kappa shape index (κ1) is 6.63. The smallest absolute Gasteiger partial charge is 0.133 e. The van der Waals surface area contributed by atoms with Crippen LogP contribution in [0.2, 0.25) is 0 Å². The Bertz CT molecular complexity index is 61.1. The van der Waals surface area contributed by atoms with E-state index in [1.165, 1.54) is 0 Å². The molecule has 0 aliphatic rings. The minimum absolute atomic E-state index is 0.190. The van der Waals surface area contributed by atoms with Crippen molar-refractivity contribution in [1.82, 2.24) is 5.73 Å². The molecule has 0 aromatic heterocycles. The Hall–Kier alpha value is -0.370. The predicted molar refractivity (Wildman–Crippen MR) is 27.9 cm³/mol. The molecule has 0 amide bonds. The van der Waals surface area contributed by atoms with Gasteiger partial charge in [-0.05, 0) is 0 Å². The molecule has 0 rings (SSSR count). The summed E-state index contributed by atoms with van der Waals surface area (Å²) in [4.78, 5) is 10.3. The molecule has 0 spiro atoms. The fraction of sp³-hybridized carbons (Fsp3) is 0.800. The molecule has 2 nitrogen and oxygen atoms in total. The summed E-state index contributed by atoms with van der Waals surface area (Å²) in [6, 6.07) is 0. The van der Waals surface area contributed by atoms with Crippen molar-refractivity contribution in [2.75, 3.05) is 6.54 Å². The molecular formula is C5H10NO. The lowest BCUT2D eigenvalue weighted by molar-refractivity contribution is -0.118. The van der Waals surface area contributed by atoms with E-state index in [1.807, 2.05) is 6.92 Å². The van der Waals surface area contributed by atoms with Crippen molar-refractivity contribution >= 4 is 5.78 Å². The van der Waals surface area contributed by atoms with Crippen molar-refractivity contribution in [3.63, 3.8) is 0 Å². The van der Waals surface area contributed by atoms with Crippen LogP contribution >= 0.6 is 0 Å². The van der Waals surface area contributed by atoms with Crippen molar-refractivity contribution in [3.05, 3.63) is 0 Å². The van der Waals surface area contributed by atoms with Crippen LogP contribution in [0.4, 0.5) is 0 Å². The second-order valence-electron chi connectivity index (χ2n) is 1.39. The third-order valence-electron chi connectivity index (χ3n) is 0.798. The van der Waals surface area contributed by atoms with Gasteiger partial charge in [-0.3, -0.25) is 10.5 Å². The molecule has 7 heavy (non-hydrogen) atoms. The van der Waals surface area contributed by atoms with E-state index in [0.717, 1.165) is 0 Å². The molecule has 41 valence electrons. The monoisotopic (exact) mass is 100 g/mol. The van der Waals surface area contributed by atoms with E-state index in [9.17, 15) is 4.79 Å². The van der Waals surface area contributed by atoms with E-state index in [-0.39, 0.29) is 12.3 Å². The summed E-state index contributed by atoms with van der Waals surface area (Å²) in [7, 11) is 0. The summed E-state index contributed by atoms with van der Waals surface area (Å²) in [5.41, 5.74) is 6.62. The number of ketones is 1. The maximum Gasteiger partial charge on any atom is 0.133 e. The second kappa shape index (κ2) is 3.81. The lowest BCUT2D eigenvalue weighted by atomic mass is 10.2. The zero-order valence-electron chi connectivity index (χ0n) is 4.53. The van der Waals surface area contributed by atoms with Crippen LogP contribution in [0, 0.1) is 0 Å². The van der Waals surface area contributed by atoms with Crippen LogP contribution in [0.3, 0.4) is 0 Å². The molecule has 0 unspecified atom stereocenters. The Morgan fingerprint density at radius 1 is 1.71 bits per heavy atom. The largest absolute Gasteiger partial charge is 0.300 e. The van der Waals surface area contributed by atoms with Gasteiger partial charge in [-0.2, -0.15) is 0 Å². The Balaban J connectivity index is 3.00. The standard InChI is InChI=1S/C5H10NO/c1-2-5(7)3-4-6/h6H,2-4H2,1H3. The zero-order chi connectivity index (χ0) is 5.70. The van der Waals surface area contributed by atoms with Gasteiger partial charge in [0.15, 0.2) is 0 Å². The summed E-state index contributed by atoms with van der Waals surface area (Å²) in [6.45, 7) is 2.06. The molecule has 0 bridgehead atoms. The molecule has 1 radical (unpaired) electrons. The van der Waals surface area contributed by atoms with E-state index in [1.54, 1.807) is 0 Å². The second-order valence-corrected chi connectivity index (χ2v) is 1.39. The van der Waals surface area contributed by atoms with E-state index in [2.05, 4.69) is 0 Å². The SMILES string of the molecule is CCC(=O)CC[NH]. The first-order chi connectivity index (χ1) is 3.31. The summed E-state index contributed by atoms with van der Waals surface area (Å²) < 4.78 is 0. The van der Waals surface area contributed by atoms with Gasteiger partial charge >= 0.3 is 0 Å². The number of rotatable bonds is 3. The van der Waals surface area contributed by atoms with Gasteiger partial charge in [0.2, 0.25) is 0 Å². The first-order valence-corrected chi connectivity index (χ1v) is 2.47. The van der Waals surface area contributed by atoms with Gasteiger partial charge in [0.05, 0.1) is 0 Å². The maximum absolute atomic E-state index is 10.3. The number of hydrogen-bond acceptors (Lipinski definition) is 1. The molecule has 0 heterocycles. The molecule has 0 atom stereocenters. The number of carbonyl (C=O) groups excluding carboxylic acids is 1. The fourth-order valence-corrected chi connectivity index (χ4v) is 0.316. The predicted octanol–water partition coefficient (Wildman–Crippen LogP) is 0.639. The van der Waals surface area contributed by atoms with E-state index < -0.39 is 0 Å². The van der Waals surface area contributed by atoms with Crippen molar-refractivity contribution in [3.8, 4) is 0 Å². The molecule has 2 heteroatoms. The summed E-state index contributed by atoms with van der Waals surface area (Å²) in [5, 5.41) is 0. The molecule has 0 aromatic rings. The van der Waals surface area contributed by atoms with Crippen molar-refractivity contribution in [1.29, 1.82) is 0 Å². The Morgan fingerprint density at radius 2 is 2.29 bits per heavy atom. The summed E-state index contributed by atoms with van der Waals surface area (Å²) in [6.07, 6.45) is 1.01. The van der Waals surface area contributed by atoms with Crippen LogP contribution in [0.25, 0.3) is 0 Å². The third kappa shape index (κ3) is 3.46. The van der Waals surface area contributed by atoms with Crippen LogP contribution in [0.1, 0.15) is 19.8 Å². The van der Waals surface area contributed by atoms with Crippen LogP contribution in [-0.4, -0.2) is 12.3 Å². The fourth-order valence-electron chi connectivity index (χ4n) is 0.316. The van der Waals surface area contributed by atoms with Crippen molar-refractivity contribution < 1.29 is 4.79 Å². The van der Waals surface area contributed by atoms with Gasteiger partial charge in [-0.15, -0.1) is 0 Å². The first-order valence-electron chi connectivity index (χ1n) is 2.47. The number of carbonyl (C=O) groups is 1. The highest BCUT2D eigenvalue weighted by Gasteiger charge is 1.91. The average molecular weight is 100 g/mol. The molecule has 0 fully saturated rings. The van der Waals surface area contributed by atoms with Crippen LogP contribution < -0.4 is 5.73 Å². The van der Waals surface area contributed by atoms with Gasteiger partial charge in [0.25, 0.3) is 0 Å². The maximum atomic E-state index is 10.3. The summed E-state index contributed by atoms with van der Waals surface area (Å²) in [5.74, 6) is 0.190. The minimum atomic E-state index is 0.190. The molecule has 0 aliphatic carbocycles. The quantitative estimate of drug-likeness (QED) is 0.513. The van der Waals surface area contributed by atoms with Gasteiger partial charge < -0.3 is 0 Å². The number of nitrogens with one attached hydrogen (secondary N) is 1. The Morgan fingerprint density at radius 3 is 2.43 bits per heavy atom. The Kier molecular flexibility index (Phi) is 3.61. The molecule has 1 N–H and O–H groups in total. The lowest BCUT2D eigenvalue weighted by Crippen LogP contribution is -1.98. The third-order valence-corrected chi connectivity index (χ3v) is 0.798. The molecule has 0 saturated carbocycles. The van der Waals surface area contributed by atoms with Crippen LogP contribution in [-0.2, 0) is 4.79 Å². The van der Waals surface area contributed by atoms with Gasteiger partial charge in [0.1, 0.15) is 5.78 Å². The van der Waals surface area contributed by atoms with Crippen molar-refractivity contribution in [2.24, 2.45) is 0 Å². The minimum Gasteiger partial charge on any atom is -0.300 e. The topological polar surface area (TPSA) is 40.9 Å². The summed E-state index contributed by atoms with van der Waals surface area (Å²) >= 11 is 0. The van der Waals surface area contributed by atoms with Gasteiger partial charge in [-0.1, -0.05) is 6.92 Å². The molecule has 0 aliphatic heterocycles. The molecule has 0 saturated heterocycles. The zero-order valence-corrected chi connectivity index (χ0v) is 4.53. The number of hydrogen-bond donors (Lipinski definition) is 0. The highest BCUT2D eigenvalue weighted by atomic mass is 16.1.